The number of rotatable bonds is 2. The fourth-order valence-corrected chi connectivity index (χ4v) is 2.61. The molecule has 0 saturated heterocycles. The van der Waals surface area contributed by atoms with Crippen LogP contribution in [-0.2, 0) is 4.79 Å². The van der Waals surface area contributed by atoms with Gasteiger partial charge in [0.05, 0.1) is 7.11 Å². The standard InChI is InChI=1S/C15H20N2O2/c1-9-8-12(19-5)6-7-13(9)14-10(2)15(18)17(4)16-11(14)3/h6-8,11,16H,1-5H3. The second-order valence-corrected chi connectivity index (χ2v) is 4.93. The molecule has 1 aliphatic heterocycles. The first-order chi connectivity index (χ1) is 8.95. The van der Waals surface area contributed by atoms with E-state index in [9.17, 15) is 4.79 Å². The minimum Gasteiger partial charge on any atom is -0.497 e. The molecule has 1 unspecified atom stereocenters. The maximum absolute atomic E-state index is 12.1. The molecule has 102 valence electrons. The largest absolute Gasteiger partial charge is 0.497 e. The number of carbonyl (C=O) groups excluding carboxylic acids is 1. The highest BCUT2D eigenvalue weighted by Gasteiger charge is 2.27. The number of nitrogens with zero attached hydrogens (tertiary/aromatic N) is 1. The molecule has 1 N–H and O–H groups in total. The third kappa shape index (κ3) is 2.36. The van der Waals surface area contributed by atoms with Gasteiger partial charge >= 0.3 is 0 Å². The lowest BCUT2D eigenvalue weighted by Crippen LogP contribution is -2.49. The molecule has 19 heavy (non-hydrogen) atoms. The normalized spacial score (nSPS) is 19.9. The van der Waals surface area contributed by atoms with E-state index < -0.39 is 0 Å². The van der Waals surface area contributed by atoms with Crippen LogP contribution < -0.4 is 10.2 Å². The lowest BCUT2D eigenvalue weighted by atomic mass is 9.90. The monoisotopic (exact) mass is 260 g/mol. The van der Waals surface area contributed by atoms with Gasteiger partial charge in [-0.1, -0.05) is 6.07 Å². The molecule has 1 aliphatic rings. The van der Waals surface area contributed by atoms with E-state index in [1.54, 1.807) is 19.2 Å². The Labute approximate surface area is 114 Å². The number of carbonyl (C=O) groups is 1. The van der Waals surface area contributed by atoms with Crippen LogP contribution in [0.25, 0.3) is 5.57 Å². The smallest absolute Gasteiger partial charge is 0.263 e. The second-order valence-electron chi connectivity index (χ2n) is 4.93. The van der Waals surface area contributed by atoms with E-state index in [2.05, 4.69) is 12.3 Å². The van der Waals surface area contributed by atoms with Gasteiger partial charge in [0, 0.05) is 18.7 Å². The highest BCUT2D eigenvalue weighted by molar-refractivity contribution is 6.03. The lowest BCUT2D eigenvalue weighted by molar-refractivity contribution is -0.129. The summed E-state index contributed by atoms with van der Waals surface area (Å²) < 4.78 is 5.22. The molecule has 0 saturated carbocycles. The molecule has 0 aliphatic carbocycles. The van der Waals surface area contributed by atoms with Crippen molar-refractivity contribution in [3.63, 3.8) is 0 Å². The SMILES string of the molecule is COc1ccc(C2=C(C)C(=O)N(C)NC2C)c(C)c1. The molecule has 0 spiro atoms. The van der Waals surface area contributed by atoms with Gasteiger partial charge in [0.15, 0.2) is 0 Å². The Bertz CT molecular complexity index is 549. The lowest BCUT2D eigenvalue weighted by Gasteiger charge is -2.33. The summed E-state index contributed by atoms with van der Waals surface area (Å²) in [7, 11) is 3.40. The van der Waals surface area contributed by atoms with Crippen LogP contribution in [0.3, 0.4) is 0 Å². The van der Waals surface area contributed by atoms with Gasteiger partial charge in [-0.2, -0.15) is 0 Å². The van der Waals surface area contributed by atoms with Gasteiger partial charge in [-0.3, -0.25) is 9.80 Å². The molecule has 1 aromatic carbocycles. The highest BCUT2D eigenvalue weighted by atomic mass is 16.5. The summed E-state index contributed by atoms with van der Waals surface area (Å²) in [5.41, 5.74) is 7.22. The first-order valence-corrected chi connectivity index (χ1v) is 6.35. The predicted molar refractivity (Wildman–Crippen MR) is 75.7 cm³/mol. The maximum atomic E-state index is 12.1. The fraction of sp³-hybridized carbons (Fsp3) is 0.400. The number of methoxy groups -OCH3 is 1. The number of ether oxygens (including phenoxy) is 1. The third-order valence-corrected chi connectivity index (χ3v) is 3.57. The van der Waals surface area contributed by atoms with Gasteiger partial charge in [-0.25, -0.2) is 5.43 Å². The van der Waals surface area contributed by atoms with Crippen LogP contribution in [-0.4, -0.2) is 31.1 Å². The van der Waals surface area contributed by atoms with Gasteiger partial charge in [0.2, 0.25) is 0 Å². The molecule has 1 amide bonds. The number of nitrogens with one attached hydrogen (secondary N) is 1. The number of benzene rings is 1. The first-order valence-electron chi connectivity index (χ1n) is 6.35. The van der Waals surface area contributed by atoms with Crippen LogP contribution in [0.2, 0.25) is 0 Å². The highest BCUT2D eigenvalue weighted by Crippen LogP contribution is 2.30. The number of hydrogen-bond donors (Lipinski definition) is 1. The minimum absolute atomic E-state index is 0.0170. The predicted octanol–water partition coefficient (Wildman–Crippen LogP) is 2.14. The zero-order chi connectivity index (χ0) is 14.2. The maximum Gasteiger partial charge on any atom is 0.263 e. The van der Waals surface area contributed by atoms with Crippen molar-refractivity contribution in [2.45, 2.75) is 26.8 Å². The van der Waals surface area contributed by atoms with Crippen LogP contribution in [0, 0.1) is 6.92 Å². The summed E-state index contributed by atoms with van der Waals surface area (Å²) in [5, 5.41) is 1.54. The van der Waals surface area contributed by atoms with Crippen LogP contribution in [0.15, 0.2) is 23.8 Å². The van der Waals surface area contributed by atoms with Crippen molar-refractivity contribution in [1.29, 1.82) is 0 Å². The van der Waals surface area contributed by atoms with Gasteiger partial charge in [0.25, 0.3) is 5.91 Å². The number of amides is 1. The van der Waals surface area contributed by atoms with E-state index in [1.165, 1.54) is 0 Å². The molecular weight excluding hydrogens is 240 g/mol. The van der Waals surface area contributed by atoms with E-state index in [0.717, 1.165) is 28.0 Å². The second kappa shape index (κ2) is 5.05. The summed E-state index contributed by atoms with van der Waals surface area (Å²) in [6.45, 7) is 5.98. The summed E-state index contributed by atoms with van der Waals surface area (Å²) in [5.74, 6) is 0.850. The van der Waals surface area contributed by atoms with Crippen LogP contribution in [0.5, 0.6) is 5.75 Å². The average Bonchev–Trinajstić information content (AvgIpc) is 2.38. The molecule has 0 bridgehead atoms. The van der Waals surface area contributed by atoms with Crippen molar-refractivity contribution in [3.05, 3.63) is 34.9 Å². The molecule has 1 aromatic rings. The van der Waals surface area contributed by atoms with Crippen LogP contribution in [0.4, 0.5) is 0 Å². The van der Waals surface area contributed by atoms with Gasteiger partial charge in [-0.15, -0.1) is 0 Å². The Morgan fingerprint density at radius 2 is 2.00 bits per heavy atom. The Hall–Kier alpha value is -1.81. The van der Waals surface area contributed by atoms with Crippen LogP contribution in [0.1, 0.15) is 25.0 Å². The summed E-state index contributed by atoms with van der Waals surface area (Å²) in [6, 6.07) is 6.04. The zero-order valence-corrected chi connectivity index (χ0v) is 12.1. The molecule has 1 heterocycles. The molecule has 4 heteroatoms. The molecule has 0 fully saturated rings. The Balaban J connectivity index is 2.54. The Morgan fingerprint density at radius 1 is 1.32 bits per heavy atom. The van der Waals surface area contributed by atoms with Crippen molar-refractivity contribution >= 4 is 11.5 Å². The molecule has 0 radical (unpaired) electrons. The van der Waals surface area contributed by atoms with Crippen molar-refractivity contribution in [1.82, 2.24) is 10.4 Å². The molecule has 1 atom stereocenters. The minimum atomic E-state index is 0.0170. The number of aryl methyl sites for hydroxylation is 1. The molecule has 4 nitrogen and oxygen atoms in total. The average molecular weight is 260 g/mol. The van der Waals surface area contributed by atoms with Crippen molar-refractivity contribution in [3.8, 4) is 5.75 Å². The summed E-state index contributed by atoms with van der Waals surface area (Å²) in [4.78, 5) is 12.1. The van der Waals surface area contributed by atoms with Crippen molar-refractivity contribution < 1.29 is 9.53 Å². The quantitative estimate of drug-likeness (QED) is 0.886. The number of likely N-dealkylation sites (N-methyl/N-ethyl adjacent to an activating group) is 1. The molecule has 0 aromatic heterocycles. The summed E-state index contributed by atoms with van der Waals surface area (Å²) >= 11 is 0. The van der Waals surface area contributed by atoms with Crippen LogP contribution >= 0.6 is 0 Å². The van der Waals surface area contributed by atoms with E-state index in [0.29, 0.717) is 0 Å². The van der Waals surface area contributed by atoms with E-state index in [-0.39, 0.29) is 11.9 Å². The number of hydrazine groups is 1. The van der Waals surface area contributed by atoms with E-state index in [4.69, 9.17) is 4.74 Å². The fourth-order valence-electron chi connectivity index (χ4n) is 2.61. The number of hydrogen-bond acceptors (Lipinski definition) is 3. The van der Waals surface area contributed by atoms with Gasteiger partial charge in [0.1, 0.15) is 5.75 Å². The molecule has 2 rings (SSSR count). The Morgan fingerprint density at radius 3 is 2.58 bits per heavy atom. The Kier molecular flexibility index (Phi) is 3.62. The van der Waals surface area contributed by atoms with Crippen molar-refractivity contribution in [2.24, 2.45) is 0 Å². The zero-order valence-electron chi connectivity index (χ0n) is 12.1. The van der Waals surface area contributed by atoms with Gasteiger partial charge in [-0.05, 0) is 49.6 Å². The third-order valence-electron chi connectivity index (χ3n) is 3.57. The first kappa shape index (κ1) is 13.6. The van der Waals surface area contributed by atoms with Gasteiger partial charge < -0.3 is 4.74 Å². The van der Waals surface area contributed by atoms with Crippen molar-refractivity contribution in [2.75, 3.05) is 14.2 Å². The van der Waals surface area contributed by atoms with E-state index >= 15 is 0 Å². The van der Waals surface area contributed by atoms with E-state index in [1.807, 2.05) is 32.0 Å². The summed E-state index contributed by atoms with van der Waals surface area (Å²) in [6.07, 6.45) is 0. The topological polar surface area (TPSA) is 41.6 Å². The molecular formula is C15H20N2O2.